The number of amides is 1. The van der Waals surface area contributed by atoms with Crippen LogP contribution in [-0.4, -0.2) is 79.6 Å². The standard InChI is InChI=1S/C22H26BrN3O5/c23-16-1-3-17(4-2-16)24-22(28)13-26-9-7-25(8-10-26)12-18(27)14-29-19-5-6-20-21(11-19)31-15-30-20/h1-6,11,18,27H,7-10,12-15H2,(H,24,28). The lowest BCUT2D eigenvalue weighted by molar-refractivity contribution is -0.117. The summed E-state index contributed by atoms with van der Waals surface area (Å²) in [5.41, 5.74) is 0.789. The van der Waals surface area contributed by atoms with Gasteiger partial charge in [0.15, 0.2) is 11.5 Å². The van der Waals surface area contributed by atoms with E-state index in [4.69, 9.17) is 14.2 Å². The van der Waals surface area contributed by atoms with Crippen molar-refractivity contribution in [3.63, 3.8) is 0 Å². The summed E-state index contributed by atoms with van der Waals surface area (Å²) in [6.07, 6.45) is -0.599. The maximum Gasteiger partial charge on any atom is 0.238 e. The molecule has 0 spiro atoms. The molecular formula is C22H26BrN3O5. The summed E-state index contributed by atoms with van der Waals surface area (Å²) >= 11 is 3.39. The summed E-state index contributed by atoms with van der Waals surface area (Å²) in [5, 5.41) is 13.3. The van der Waals surface area contributed by atoms with Crippen LogP contribution in [0, 0.1) is 0 Å². The first-order valence-corrected chi connectivity index (χ1v) is 11.0. The van der Waals surface area contributed by atoms with Crippen LogP contribution in [0.25, 0.3) is 0 Å². The SMILES string of the molecule is O=C(CN1CCN(CC(O)COc2ccc3c(c2)OCO3)CC1)Nc1ccc(Br)cc1. The Balaban J connectivity index is 1.14. The smallest absolute Gasteiger partial charge is 0.238 e. The molecule has 9 heteroatoms. The van der Waals surface area contributed by atoms with Crippen molar-refractivity contribution in [1.82, 2.24) is 9.80 Å². The highest BCUT2D eigenvalue weighted by Gasteiger charge is 2.21. The second-order valence-electron chi connectivity index (χ2n) is 7.61. The number of hydrogen-bond donors (Lipinski definition) is 2. The molecule has 0 saturated carbocycles. The van der Waals surface area contributed by atoms with Crippen molar-refractivity contribution < 1.29 is 24.1 Å². The average molecular weight is 492 g/mol. The highest BCUT2D eigenvalue weighted by molar-refractivity contribution is 9.10. The Morgan fingerprint density at radius 1 is 1.06 bits per heavy atom. The number of aliphatic hydroxyl groups is 1. The van der Waals surface area contributed by atoms with Gasteiger partial charge in [-0.3, -0.25) is 14.6 Å². The Hall–Kier alpha value is -2.33. The lowest BCUT2D eigenvalue weighted by atomic mass is 10.2. The van der Waals surface area contributed by atoms with Crippen LogP contribution in [0.4, 0.5) is 5.69 Å². The van der Waals surface area contributed by atoms with Crippen molar-refractivity contribution in [3.8, 4) is 17.2 Å². The Kier molecular flexibility index (Phi) is 7.29. The number of β-amino-alcohol motifs (C(OH)–C–C–N with tert-alkyl or cyclic N) is 1. The Morgan fingerprint density at radius 3 is 2.55 bits per heavy atom. The van der Waals surface area contributed by atoms with Gasteiger partial charge in [0.2, 0.25) is 12.7 Å². The van der Waals surface area contributed by atoms with E-state index >= 15 is 0 Å². The van der Waals surface area contributed by atoms with E-state index < -0.39 is 6.10 Å². The fourth-order valence-corrected chi connectivity index (χ4v) is 3.84. The predicted octanol–water partition coefficient (Wildman–Crippen LogP) is 2.17. The van der Waals surface area contributed by atoms with Crippen molar-refractivity contribution in [2.24, 2.45) is 0 Å². The lowest BCUT2D eigenvalue weighted by Crippen LogP contribution is -2.50. The molecule has 1 atom stereocenters. The normalized spacial score (nSPS) is 17.4. The molecule has 2 aromatic carbocycles. The second-order valence-corrected chi connectivity index (χ2v) is 8.53. The van der Waals surface area contributed by atoms with E-state index in [1.165, 1.54) is 0 Å². The van der Waals surface area contributed by atoms with E-state index in [1.807, 2.05) is 24.3 Å². The minimum atomic E-state index is -0.599. The van der Waals surface area contributed by atoms with E-state index in [9.17, 15) is 9.90 Å². The van der Waals surface area contributed by atoms with Gasteiger partial charge in [0.25, 0.3) is 0 Å². The zero-order valence-corrected chi connectivity index (χ0v) is 18.7. The summed E-state index contributed by atoms with van der Waals surface area (Å²) in [6, 6.07) is 12.9. The molecule has 4 rings (SSSR count). The zero-order chi connectivity index (χ0) is 21.6. The Bertz CT molecular complexity index is 887. The van der Waals surface area contributed by atoms with E-state index in [1.54, 1.807) is 18.2 Å². The van der Waals surface area contributed by atoms with Crippen LogP contribution in [0.3, 0.4) is 0 Å². The van der Waals surface area contributed by atoms with Gasteiger partial charge in [0.05, 0.1) is 6.54 Å². The van der Waals surface area contributed by atoms with Gasteiger partial charge in [-0.15, -0.1) is 0 Å². The molecule has 2 N–H and O–H groups in total. The molecule has 166 valence electrons. The van der Waals surface area contributed by atoms with Crippen LogP contribution >= 0.6 is 15.9 Å². The van der Waals surface area contributed by atoms with Gasteiger partial charge in [-0.2, -0.15) is 0 Å². The largest absolute Gasteiger partial charge is 0.491 e. The Morgan fingerprint density at radius 2 is 1.77 bits per heavy atom. The van der Waals surface area contributed by atoms with Crippen LogP contribution < -0.4 is 19.5 Å². The van der Waals surface area contributed by atoms with Crippen LogP contribution in [0.5, 0.6) is 17.2 Å². The molecule has 0 bridgehead atoms. The first-order valence-electron chi connectivity index (χ1n) is 10.3. The first-order chi connectivity index (χ1) is 15.0. The molecule has 0 aliphatic carbocycles. The molecule has 31 heavy (non-hydrogen) atoms. The summed E-state index contributed by atoms with van der Waals surface area (Å²) < 4.78 is 17.3. The molecule has 2 aliphatic rings. The van der Waals surface area contributed by atoms with E-state index in [2.05, 4.69) is 31.0 Å². The highest BCUT2D eigenvalue weighted by Crippen LogP contribution is 2.35. The minimum absolute atomic E-state index is 0.0204. The molecule has 0 radical (unpaired) electrons. The molecule has 8 nitrogen and oxygen atoms in total. The second kappa shape index (κ2) is 10.3. The molecular weight excluding hydrogens is 466 g/mol. The third-order valence-electron chi connectivity index (χ3n) is 5.22. The number of carbonyl (C=O) groups is 1. The number of hydrogen-bond acceptors (Lipinski definition) is 7. The summed E-state index contributed by atoms with van der Waals surface area (Å²) in [7, 11) is 0. The predicted molar refractivity (Wildman–Crippen MR) is 120 cm³/mol. The van der Waals surface area contributed by atoms with Gasteiger partial charge in [-0.05, 0) is 36.4 Å². The third kappa shape index (κ3) is 6.33. The topological polar surface area (TPSA) is 83.5 Å². The highest BCUT2D eigenvalue weighted by atomic mass is 79.9. The van der Waals surface area contributed by atoms with Crippen LogP contribution in [0.15, 0.2) is 46.9 Å². The van der Waals surface area contributed by atoms with Crippen molar-refractivity contribution in [2.75, 3.05) is 58.0 Å². The molecule has 1 saturated heterocycles. The van der Waals surface area contributed by atoms with Crippen LogP contribution in [-0.2, 0) is 4.79 Å². The van der Waals surface area contributed by atoms with E-state index in [0.717, 1.165) is 36.3 Å². The van der Waals surface area contributed by atoms with Gasteiger partial charge in [-0.1, -0.05) is 15.9 Å². The first kappa shape index (κ1) is 21.9. The van der Waals surface area contributed by atoms with Gasteiger partial charge in [0.1, 0.15) is 18.5 Å². The average Bonchev–Trinajstić information content (AvgIpc) is 3.23. The lowest BCUT2D eigenvalue weighted by Gasteiger charge is -2.35. The number of anilines is 1. The number of rotatable bonds is 8. The van der Waals surface area contributed by atoms with Gasteiger partial charge in [-0.25, -0.2) is 0 Å². The van der Waals surface area contributed by atoms with Crippen molar-refractivity contribution in [3.05, 3.63) is 46.9 Å². The maximum atomic E-state index is 12.3. The number of fused-ring (bicyclic) bond motifs is 1. The maximum absolute atomic E-state index is 12.3. The molecule has 1 amide bonds. The summed E-state index contributed by atoms with van der Waals surface area (Å²) in [6.45, 7) is 4.48. The zero-order valence-electron chi connectivity index (χ0n) is 17.1. The van der Waals surface area contributed by atoms with Crippen LogP contribution in [0.1, 0.15) is 0 Å². The number of halogens is 1. The van der Waals surface area contributed by atoms with E-state index in [0.29, 0.717) is 30.3 Å². The molecule has 2 aromatic rings. The number of ether oxygens (including phenoxy) is 3. The summed E-state index contributed by atoms with van der Waals surface area (Å²) in [5.74, 6) is 1.99. The summed E-state index contributed by atoms with van der Waals surface area (Å²) in [4.78, 5) is 16.6. The monoisotopic (exact) mass is 491 g/mol. The molecule has 1 unspecified atom stereocenters. The quantitative estimate of drug-likeness (QED) is 0.585. The molecule has 2 heterocycles. The molecule has 0 aromatic heterocycles. The van der Waals surface area contributed by atoms with Crippen molar-refractivity contribution in [1.29, 1.82) is 0 Å². The van der Waals surface area contributed by atoms with Crippen LogP contribution in [0.2, 0.25) is 0 Å². The number of piperazine rings is 1. The van der Waals surface area contributed by atoms with Gasteiger partial charge in [0, 0.05) is 49.0 Å². The van der Waals surface area contributed by atoms with Gasteiger partial charge >= 0.3 is 0 Å². The fraction of sp³-hybridized carbons (Fsp3) is 0.409. The Labute approximate surface area is 189 Å². The number of nitrogens with zero attached hydrogens (tertiary/aromatic N) is 2. The third-order valence-corrected chi connectivity index (χ3v) is 5.74. The fourth-order valence-electron chi connectivity index (χ4n) is 3.58. The van der Waals surface area contributed by atoms with Crippen molar-refractivity contribution in [2.45, 2.75) is 6.10 Å². The molecule has 2 aliphatic heterocycles. The molecule has 1 fully saturated rings. The van der Waals surface area contributed by atoms with Gasteiger partial charge < -0.3 is 24.6 Å². The number of carbonyl (C=O) groups excluding carboxylic acids is 1. The van der Waals surface area contributed by atoms with E-state index in [-0.39, 0.29) is 19.3 Å². The number of nitrogens with one attached hydrogen (secondary N) is 1. The van der Waals surface area contributed by atoms with Crippen molar-refractivity contribution >= 4 is 27.5 Å². The number of aliphatic hydroxyl groups excluding tert-OH is 1. The minimum Gasteiger partial charge on any atom is -0.491 e. The number of benzene rings is 2.